The number of rotatable bonds is 3. The van der Waals surface area contributed by atoms with E-state index in [1.165, 1.54) is 0 Å². The topological polar surface area (TPSA) is 42.2 Å². The van der Waals surface area contributed by atoms with Gasteiger partial charge in [0.1, 0.15) is 22.5 Å². The summed E-state index contributed by atoms with van der Waals surface area (Å²) in [6.45, 7) is 1.09. The number of nitrogens with zero attached hydrogens (tertiary/aromatic N) is 1. The van der Waals surface area contributed by atoms with Crippen LogP contribution in [-0.2, 0) is 13.2 Å². The Bertz CT molecular complexity index is 736. The summed E-state index contributed by atoms with van der Waals surface area (Å²) in [4.78, 5) is 12.0. The van der Waals surface area contributed by atoms with Crippen LogP contribution in [-0.4, -0.2) is 9.67 Å². The highest BCUT2D eigenvalue weighted by atomic mass is 35.5. The van der Waals surface area contributed by atoms with Crippen molar-refractivity contribution in [1.29, 1.82) is 0 Å². The van der Waals surface area contributed by atoms with Gasteiger partial charge in [-0.1, -0.05) is 11.6 Å². The van der Waals surface area contributed by atoms with Gasteiger partial charge in [0.25, 0.3) is 5.56 Å². The van der Waals surface area contributed by atoms with Gasteiger partial charge in [-0.15, -0.1) is 0 Å². The van der Waals surface area contributed by atoms with Gasteiger partial charge < -0.3 is 9.67 Å². The van der Waals surface area contributed by atoms with Crippen molar-refractivity contribution in [2.45, 2.75) is 20.1 Å². The zero-order valence-corrected chi connectivity index (χ0v) is 11.7. The van der Waals surface area contributed by atoms with Gasteiger partial charge in [0.15, 0.2) is 0 Å². The molecule has 2 rings (SSSR count). The SMILES string of the molecule is CCn1c(-c2c(F)cc(F)cc2F)c(CO)cc(Cl)c1=O. The van der Waals surface area contributed by atoms with E-state index < -0.39 is 35.2 Å². The Labute approximate surface area is 123 Å². The number of aromatic nitrogens is 1. The maximum absolute atomic E-state index is 14.0. The second-order valence-electron chi connectivity index (χ2n) is 4.32. The molecule has 0 bridgehead atoms. The second kappa shape index (κ2) is 5.91. The van der Waals surface area contributed by atoms with Crippen LogP contribution in [0.15, 0.2) is 23.0 Å². The average molecular weight is 318 g/mol. The fraction of sp³-hybridized carbons (Fsp3) is 0.214. The maximum Gasteiger partial charge on any atom is 0.269 e. The number of halogens is 4. The molecule has 0 spiro atoms. The van der Waals surface area contributed by atoms with E-state index in [1.54, 1.807) is 6.92 Å². The first-order chi connectivity index (χ1) is 9.90. The van der Waals surface area contributed by atoms with Crippen molar-refractivity contribution in [1.82, 2.24) is 4.57 Å². The van der Waals surface area contributed by atoms with Crippen LogP contribution in [0.25, 0.3) is 11.3 Å². The van der Waals surface area contributed by atoms with Crippen LogP contribution >= 0.6 is 11.6 Å². The average Bonchev–Trinajstić information content (AvgIpc) is 2.41. The predicted molar refractivity (Wildman–Crippen MR) is 72.6 cm³/mol. The maximum atomic E-state index is 14.0. The Balaban J connectivity index is 2.93. The predicted octanol–water partition coefficient (Wildman–Crippen LogP) is 3.10. The van der Waals surface area contributed by atoms with E-state index in [2.05, 4.69) is 0 Å². The summed E-state index contributed by atoms with van der Waals surface area (Å²) >= 11 is 5.75. The lowest BCUT2D eigenvalue weighted by Gasteiger charge is -2.17. The molecular formula is C14H11ClF3NO2. The molecular weight excluding hydrogens is 307 g/mol. The summed E-state index contributed by atoms with van der Waals surface area (Å²) in [6, 6.07) is 2.17. The minimum absolute atomic E-state index is 0.0749. The quantitative estimate of drug-likeness (QED) is 0.945. The van der Waals surface area contributed by atoms with Gasteiger partial charge >= 0.3 is 0 Å². The first kappa shape index (κ1) is 15.6. The van der Waals surface area contributed by atoms with Crippen molar-refractivity contribution in [3.8, 4) is 11.3 Å². The van der Waals surface area contributed by atoms with Gasteiger partial charge in [0.05, 0.1) is 17.9 Å². The molecule has 1 N–H and O–H groups in total. The van der Waals surface area contributed by atoms with E-state index in [4.69, 9.17) is 11.6 Å². The van der Waals surface area contributed by atoms with Gasteiger partial charge in [0, 0.05) is 24.2 Å². The standard InChI is InChI=1S/C14H11ClF3NO2/c1-2-19-13(7(6-20)3-9(15)14(19)21)12-10(17)4-8(16)5-11(12)18/h3-5,20H,2,6H2,1H3. The lowest BCUT2D eigenvalue weighted by atomic mass is 10.0. The van der Waals surface area contributed by atoms with Crippen LogP contribution in [0, 0.1) is 17.5 Å². The molecule has 0 amide bonds. The van der Waals surface area contributed by atoms with Crippen LogP contribution in [0.1, 0.15) is 12.5 Å². The zero-order chi connectivity index (χ0) is 15.7. The first-order valence-electron chi connectivity index (χ1n) is 6.08. The van der Waals surface area contributed by atoms with Crippen molar-refractivity contribution in [2.24, 2.45) is 0 Å². The first-order valence-corrected chi connectivity index (χ1v) is 6.46. The van der Waals surface area contributed by atoms with Crippen molar-refractivity contribution in [3.63, 3.8) is 0 Å². The zero-order valence-electron chi connectivity index (χ0n) is 11.0. The Kier molecular flexibility index (Phi) is 4.39. The molecule has 0 aliphatic rings. The van der Waals surface area contributed by atoms with Crippen molar-refractivity contribution < 1.29 is 18.3 Å². The van der Waals surface area contributed by atoms with Crippen LogP contribution in [0.5, 0.6) is 0 Å². The molecule has 0 unspecified atom stereocenters. The third-order valence-corrected chi connectivity index (χ3v) is 3.33. The molecule has 0 aliphatic carbocycles. The van der Waals surface area contributed by atoms with Crippen LogP contribution in [0.3, 0.4) is 0 Å². The molecule has 1 heterocycles. The fourth-order valence-corrected chi connectivity index (χ4v) is 2.41. The van der Waals surface area contributed by atoms with Gasteiger partial charge in [-0.3, -0.25) is 4.79 Å². The summed E-state index contributed by atoms with van der Waals surface area (Å²) < 4.78 is 42.0. The number of hydrogen-bond acceptors (Lipinski definition) is 2. The molecule has 2 aromatic rings. The third-order valence-electron chi connectivity index (χ3n) is 3.05. The van der Waals surface area contributed by atoms with E-state index in [0.717, 1.165) is 10.6 Å². The van der Waals surface area contributed by atoms with Gasteiger partial charge in [-0.2, -0.15) is 0 Å². The molecule has 0 aliphatic heterocycles. The van der Waals surface area contributed by atoms with Crippen molar-refractivity contribution in [3.05, 3.63) is 56.6 Å². The van der Waals surface area contributed by atoms with E-state index in [9.17, 15) is 23.1 Å². The minimum atomic E-state index is -1.16. The lowest BCUT2D eigenvalue weighted by Crippen LogP contribution is -2.23. The second-order valence-corrected chi connectivity index (χ2v) is 4.73. The van der Waals surface area contributed by atoms with Crippen LogP contribution < -0.4 is 5.56 Å². The van der Waals surface area contributed by atoms with Gasteiger partial charge in [-0.05, 0) is 13.0 Å². The van der Waals surface area contributed by atoms with E-state index in [0.29, 0.717) is 12.1 Å². The largest absolute Gasteiger partial charge is 0.392 e. The molecule has 1 aromatic carbocycles. The molecule has 0 saturated heterocycles. The van der Waals surface area contributed by atoms with Crippen LogP contribution in [0.2, 0.25) is 5.02 Å². The summed E-state index contributed by atoms with van der Waals surface area (Å²) in [5, 5.41) is 9.18. The number of aliphatic hydroxyl groups is 1. The monoisotopic (exact) mass is 317 g/mol. The highest BCUT2D eigenvalue weighted by Gasteiger charge is 2.21. The van der Waals surface area contributed by atoms with Crippen LogP contribution in [0.4, 0.5) is 13.2 Å². The highest BCUT2D eigenvalue weighted by molar-refractivity contribution is 6.30. The number of pyridine rings is 1. The molecule has 7 heteroatoms. The Morgan fingerprint density at radius 2 is 1.76 bits per heavy atom. The number of hydrogen-bond donors (Lipinski definition) is 1. The molecule has 21 heavy (non-hydrogen) atoms. The Morgan fingerprint density at radius 1 is 1.19 bits per heavy atom. The van der Waals surface area contributed by atoms with E-state index >= 15 is 0 Å². The third kappa shape index (κ3) is 2.69. The minimum Gasteiger partial charge on any atom is -0.392 e. The van der Waals surface area contributed by atoms with Gasteiger partial charge in [-0.25, -0.2) is 13.2 Å². The fourth-order valence-electron chi connectivity index (χ4n) is 2.17. The summed E-state index contributed by atoms with van der Waals surface area (Å²) in [7, 11) is 0. The molecule has 3 nitrogen and oxygen atoms in total. The van der Waals surface area contributed by atoms with Gasteiger partial charge in [0.2, 0.25) is 0 Å². The molecule has 0 atom stereocenters. The summed E-state index contributed by atoms with van der Waals surface area (Å²) in [5.41, 5.74) is -1.29. The summed E-state index contributed by atoms with van der Waals surface area (Å²) in [6.07, 6.45) is 0. The highest BCUT2D eigenvalue weighted by Crippen LogP contribution is 2.30. The molecule has 1 aromatic heterocycles. The molecule has 0 radical (unpaired) electrons. The molecule has 0 fully saturated rings. The van der Waals surface area contributed by atoms with Crippen molar-refractivity contribution >= 4 is 11.6 Å². The Hall–Kier alpha value is -1.79. The van der Waals surface area contributed by atoms with E-state index in [-0.39, 0.29) is 22.8 Å². The molecule has 112 valence electrons. The summed E-state index contributed by atoms with van der Waals surface area (Å²) in [5.74, 6) is -3.39. The number of aliphatic hydroxyl groups excluding tert-OH is 1. The van der Waals surface area contributed by atoms with E-state index in [1.807, 2.05) is 0 Å². The lowest BCUT2D eigenvalue weighted by molar-refractivity contribution is 0.281. The Morgan fingerprint density at radius 3 is 2.24 bits per heavy atom. The molecule has 0 saturated carbocycles. The van der Waals surface area contributed by atoms with Crippen molar-refractivity contribution in [2.75, 3.05) is 0 Å². The smallest absolute Gasteiger partial charge is 0.269 e. The normalized spacial score (nSPS) is 11.0. The number of benzene rings is 1.